The first-order valence-corrected chi connectivity index (χ1v) is 9.25. The molecule has 0 unspecified atom stereocenters. The Bertz CT molecular complexity index is 884. The lowest BCUT2D eigenvalue weighted by Gasteiger charge is -2.06. The summed E-state index contributed by atoms with van der Waals surface area (Å²) in [6.07, 6.45) is 0. The Balaban J connectivity index is 1.54. The van der Waals surface area contributed by atoms with Crippen LogP contribution in [0.3, 0.4) is 0 Å². The van der Waals surface area contributed by atoms with Crippen LogP contribution in [0.5, 0.6) is 0 Å². The molecule has 3 aromatic rings. The summed E-state index contributed by atoms with van der Waals surface area (Å²) in [6, 6.07) is 13.9. The number of nitrogens with zero attached hydrogens (tertiary/aromatic N) is 2. The van der Waals surface area contributed by atoms with Gasteiger partial charge in [0.2, 0.25) is 11.0 Å². The van der Waals surface area contributed by atoms with E-state index in [0.717, 1.165) is 11.3 Å². The number of carbonyl (C=O) groups excluding carboxylic acids is 1. The summed E-state index contributed by atoms with van der Waals surface area (Å²) < 4.78 is 14.2. The van der Waals surface area contributed by atoms with Crippen LogP contribution >= 0.6 is 23.1 Å². The van der Waals surface area contributed by atoms with Gasteiger partial charge in [0.1, 0.15) is 5.82 Å². The summed E-state index contributed by atoms with van der Waals surface area (Å²) in [4.78, 5) is 12.0. The van der Waals surface area contributed by atoms with Gasteiger partial charge in [-0.05, 0) is 30.7 Å². The largest absolute Gasteiger partial charge is 0.328 e. The fourth-order valence-electron chi connectivity index (χ4n) is 2.02. The molecule has 0 bridgehead atoms. The highest BCUT2D eigenvalue weighted by Gasteiger charge is 2.10. The van der Waals surface area contributed by atoms with Crippen LogP contribution in [0, 0.1) is 12.7 Å². The molecule has 1 amide bonds. The summed E-state index contributed by atoms with van der Waals surface area (Å²) in [6.45, 7) is 1.94. The van der Waals surface area contributed by atoms with Crippen molar-refractivity contribution in [3.05, 3.63) is 59.9 Å². The summed E-state index contributed by atoms with van der Waals surface area (Å²) in [5.74, 6) is -0.245. The van der Waals surface area contributed by atoms with Crippen LogP contribution < -0.4 is 10.6 Å². The zero-order valence-corrected chi connectivity index (χ0v) is 15.0. The van der Waals surface area contributed by atoms with E-state index in [9.17, 15) is 9.18 Å². The van der Waals surface area contributed by atoms with Gasteiger partial charge >= 0.3 is 0 Å². The van der Waals surface area contributed by atoms with Gasteiger partial charge in [0.15, 0.2) is 4.34 Å². The lowest BCUT2D eigenvalue weighted by Crippen LogP contribution is -2.14. The average molecular weight is 374 g/mol. The van der Waals surface area contributed by atoms with Crippen molar-refractivity contribution in [3.63, 3.8) is 0 Å². The molecule has 2 aromatic carbocycles. The molecule has 0 saturated carbocycles. The number of rotatable bonds is 6. The van der Waals surface area contributed by atoms with Gasteiger partial charge in [0.25, 0.3) is 0 Å². The predicted molar refractivity (Wildman–Crippen MR) is 100 cm³/mol. The highest BCUT2D eigenvalue weighted by atomic mass is 32.2. The maximum absolute atomic E-state index is 13.6. The zero-order chi connectivity index (χ0) is 17.6. The second-order valence-electron chi connectivity index (χ2n) is 5.13. The number of halogens is 1. The zero-order valence-electron chi connectivity index (χ0n) is 13.3. The highest BCUT2D eigenvalue weighted by molar-refractivity contribution is 8.01. The van der Waals surface area contributed by atoms with Crippen LogP contribution in [-0.4, -0.2) is 21.9 Å². The summed E-state index contributed by atoms with van der Waals surface area (Å²) in [5.41, 5.74) is 2.15. The predicted octanol–water partition coefficient (Wildman–Crippen LogP) is 4.46. The molecule has 1 aromatic heterocycles. The number of hydrogen-bond donors (Lipinski definition) is 2. The number of carbonyl (C=O) groups is 1. The lowest BCUT2D eigenvalue weighted by atomic mass is 10.2. The van der Waals surface area contributed by atoms with E-state index in [1.807, 2.05) is 31.2 Å². The van der Waals surface area contributed by atoms with Crippen LogP contribution in [0.1, 0.15) is 5.56 Å². The Hall–Kier alpha value is -2.45. The van der Waals surface area contributed by atoms with E-state index in [1.54, 1.807) is 18.2 Å². The van der Waals surface area contributed by atoms with E-state index in [2.05, 4.69) is 20.8 Å². The first-order valence-electron chi connectivity index (χ1n) is 7.45. The number of nitrogens with one attached hydrogen (secondary N) is 2. The average Bonchev–Trinajstić information content (AvgIpc) is 3.05. The van der Waals surface area contributed by atoms with E-state index in [-0.39, 0.29) is 17.5 Å². The molecule has 0 fully saturated rings. The monoisotopic (exact) mass is 374 g/mol. The van der Waals surface area contributed by atoms with E-state index in [4.69, 9.17) is 0 Å². The molecule has 8 heteroatoms. The maximum atomic E-state index is 13.6. The summed E-state index contributed by atoms with van der Waals surface area (Å²) in [5, 5.41) is 14.2. The smallest absolute Gasteiger partial charge is 0.234 e. The third-order valence-corrected chi connectivity index (χ3v) is 5.24. The molecule has 128 valence electrons. The van der Waals surface area contributed by atoms with Crippen molar-refractivity contribution in [2.24, 2.45) is 0 Å². The molecular formula is C17H15FN4OS2. The van der Waals surface area contributed by atoms with Gasteiger partial charge in [0.05, 0.1) is 11.4 Å². The topological polar surface area (TPSA) is 66.9 Å². The lowest BCUT2D eigenvalue weighted by molar-refractivity contribution is -0.113. The van der Waals surface area contributed by atoms with E-state index < -0.39 is 0 Å². The Labute approximate surface area is 152 Å². The van der Waals surface area contributed by atoms with Gasteiger partial charge in [-0.25, -0.2) is 4.39 Å². The number of aromatic nitrogens is 2. The molecule has 0 aliphatic heterocycles. The Morgan fingerprint density at radius 1 is 1.12 bits per heavy atom. The van der Waals surface area contributed by atoms with Gasteiger partial charge in [-0.1, -0.05) is 53.4 Å². The molecule has 0 saturated heterocycles. The molecule has 0 atom stereocenters. The van der Waals surface area contributed by atoms with Gasteiger partial charge in [-0.2, -0.15) is 0 Å². The number of thioether (sulfide) groups is 1. The SMILES string of the molecule is Cc1ccccc1NC(=O)CSc1nnc(Nc2ccccc2F)s1. The fourth-order valence-corrected chi connectivity index (χ4v) is 3.59. The van der Waals surface area contributed by atoms with Crippen LogP contribution in [0.4, 0.5) is 20.9 Å². The van der Waals surface area contributed by atoms with Gasteiger partial charge in [-0.3, -0.25) is 4.79 Å². The minimum absolute atomic E-state index is 0.113. The minimum atomic E-state index is -0.357. The Kier molecular flexibility index (Phi) is 5.62. The second kappa shape index (κ2) is 8.09. The Morgan fingerprint density at radius 2 is 1.84 bits per heavy atom. The van der Waals surface area contributed by atoms with Crippen molar-refractivity contribution in [1.29, 1.82) is 0 Å². The first kappa shape index (κ1) is 17.4. The van der Waals surface area contributed by atoms with Gasteiger partial charge < -0.3 is 10.6 Å². The van der Waals surface area contributed by atoms with E-state index in [1.165, 1.54) is 29.2 Å². The molecule has 1 heterocycles. The summed E-state index contributed by atoms with van der Waals surface area (Å²) >= 11 is 2.56. The van der Waals surface area contributed by atoms with Crippen LogP contribution in [0.25, 0.3) is 0 Å². The molecule has 2 N–H and O–H groups in total. The number of anilines is 3. The number of aryl methyl sites for hydroxylation is 1. The maximum Gasteiger partial charge on any atom is 0.234 e. The van der Waals surface area contributed by atoms with Crippen molar-refractivity contribution >= 4 is 45.5 Å². The third kappa shape index (κ3) is 4.77. The number of amides is 1. The summed E-state index contributed by atoms with van der Waals surface area (Å²) in [7, 11) is 0. The normalized spacial score (nSPS) is 10.5. The molecule has 3 rings (SSSR count). The second-order valence-corrected chi connectivity index (χ2v) is 7.33. The molecular weight excluding hydrogens is 359 g/mol. The molecule has 0 radical (unpaired) electrons. The first-order chi connectivity index (χ1) is 12.1. The molecule has 5 nitrogen and oxygen atoms in total. The minimum Gasteiger partial charge on any atom is -0.328 e. The molecule has 0 aliphatic carbocycles. The van der Waals surface area contributed by atoms with Gasteiger partial charge in [0, 0.05) is 5.69 Å². The molecule has 25 heavy (non-hydrogen) atoms. The quantitative estimate of drug-likeness (QED) is 0.624. The highest BCUT2D eigenvalue weighted by Crippen LogP contribution is 2.28. The van der Waals surface area contributed by atoms with E-state index in [0.29, 0.717) is 15.2 Å². The van der Waals surface area contributed by atoms with Crippen LogP contribution in [-0.2, 0) is 4.79 Å². The standard InChI is InChI=1S/C17H15FN4OS2/c1-11-6-2-4-8-13(11)19-15(23)10-24-17-22-21-16(25-17)20-14-9-5-3-7-12(14)18/h2-9H,10H2,1H3,(H,19,23)(H,20,21). The fraction of sp³-hybridized carbons (Fsp3) is 0.118. The molecule has 0 aliphatic rings. The van der Waals surface area contributed by atoms with Crippen molar-refractivity contribution in [2.45, 2.75) is 11.3 Å². The number of para-hydroxylation sites is 2. The number of benzene rings is 2. The van der Waals surface area contributed by atoms with Crippen molar-refractivity contribution in [1.82, 2.24) is 10.2 Å². The van der Waals surface area contributed by atoms with E-state index >= 15 is 0 Å². The van der Waals surface area contributed by atoms with Crippen molar-refractivity contribution in [2.75, 3.05) is 16.4 Å². The Morgan fingerprint density at radius 3 is 2.60 bits per heavy atom. The van der Waals surface area contributed by atoms with Crippen molar-refractivity contribution in [3.8, 4) is 0 Å². The van der Waals surface area contributed by atoms with Gasteiger partial charge in [-0.15, -0.1) is 10.2 Å². The third-order valence-electron chi connectivity index (χ3n) is 3.27. The van der Waals surface area contributed by atoms with Crippen LogP contribution in [0.2, 0.25) is 0 Å². The van der Waals surface area contributed by atoms with Crippen LogP contribution in [0.15, 0.2) is 52.9 Å². The number of hydrogen-bond acceptors (Lipinski definition) is 6. The van der Waals surface area contributed by atoms with Crippen molar-refractivity contribution < 1.29 is 9.18 Å². The molecule has 0 spiro atoms.